The molecule has 0 amide bonds. The minimum absolute atomic E-state index is 0.125. The summed E-state index contributed by atoms with van der Waals surface area (Å²) in [6.45, 7) is 3.25. The molecule has 22 heavy (non-hydrogen) atoms. The second kappa shape index (κ2) is 5.06. The summed E-state index contributed by atoms with van der Waals surface area (Å²) in [4.78, 5) is 16.5. The van der Waals surface area contributed by atoms with E-state index >= 15 is 0 Å². The number of benzene rings is 1. The van der Waals surface area contributed by atoms with Crippen LogP contribution in [0.3, 0.4) is 0 Å². The van der Waals surface area contributed by atoms with Crippen LogP contribution in [0.15, 0.2) is 38.0 Å². The maximum atomic E-state index is 12.2. The van der Waals surface area contributed by atoms with Gasteiger partial charge in [0.25, 0.3) is 5.89 Å². The fourth-order valence-corrected chi connectivity index (χ4v) is 2.61. The molecule has 0 bridgehead atoms. The molecule has 0 spiro atoms. The van der Waals surface area contributed by atoms with Gasteiger partial charge in [0.15, 0.2) is 17.0 Å². The second-order valence-electron chi connectivity index (χ2n) is 5.49. The maximum Gasteiger partial charge on any atom is 0.293 e. The number of hydrogen-bond donors (Lipinski definition) is 0. The van der Waals surface area contributed by atoms with Crippen LogP contribution < -0.4 is 5.43 Å². The molecule has 0 saturated carbocycles. The first-order valence-electron chi connectivity index (χ1n) is 7.17. The standard InChI is InChI=1S/C16H14N2O4/c1-9-2-3-11-12(19)7-14(21-13(11)6-9)16-17-15(18-22-16)10-4-5-20-8-10/h2-3,6-7,10H,4-5,8H2,1H3. The summed E-state index contributed by atoms with van der Waals surface area (Å²) in [7, 11) is 0. The second-order valence-corrected chi connectivity index (χ2v) is 5.49. The summed E-state index contributed by atoms with van der Waals surface area (Å²) in [6, 6.07) is 6.85. The molecule has 0 N–H and O–H groups in total. The first-order chi connectivity index (χ1) is 10.7. The number of fused-ring (bicyclic) bond motifs is 1. The molecule has 0 radical (unpaired) electrons. The zero-order chi connectivity index (χ0) is 15.1. The Morgan fingerprint density at radius 1 is 1.27 bits per heavy atom. The number of aryl methyl sites for hydroxylation is 1. The van der Waals surface area contributed by atoms with Crippen LogP contribution in [0.5, 0.6) is 0 Å². The van der Waals surface area contributed by atoms with Gasteiger partial charge in [0, 0.05) is 18.6 Å². The fourth-order valence-electron chi connectivity index (χ4n) is 2.61. The summed E-state index contributed by atoms with van der Waals surface area (Å²) in [6.07, 6.45) is 0.875. The Morgan fingerprint density at radius 3 is 3.00 bits per heavy atom. The predicted molar refractivity (Wildman–Crippen MR) is 78.7 cm³/mol. The van der Waals surface area contributed by atoms with Crippen molar-refractivity contribution in [2.24, 2.45) is 0 Å². The summed E-state index contributed by atoms with van der Waals surface area (Å²) in [5.41, 5.74) is 1.41. The Labute approximate surface area is 125 Å². The molecule has 1 atom stereocenters. The van der Waals surface area contributed by atoms with Crippen LogP contribution in [-0.2, 0) is 4.74 Å². The molecule has 112 valence electrons. The highest BCUT2D eigenvalue weighted by Gasteiger charge is 2.24. The average molecular weight is 298 g/mol. The highest BCUT2D eigenvalue weighted by Crippen LogP contribution is 2.26. The van der Waals surface area contributed by atoms with E-state index in [1.165, 1.54) is 6.07 Å². The van der Waals surface area contributed by atoms with Crippen molar-refractivity contribution < 1.29 is 13.7 Å². The van der Waals surface area contributed by atoms with Gasteiger partial charge in [0.2, 0.25) is 0 Å². The van der Waals surface area contributed by atoms with Crippen molar-refractivity contribution in [2.45, 2.75) is 19.3 Å². The van der Waals surface area contributed by atoms with E-state index in [0.717, 1.165) is 12.0 Å². The highest BCUT2D eigenvalue weighted by molar-refractivity contribution is 5.78. The minimum atomic E-state index is -0.125. The van der Waals surface area contributed by atoms with Crippen molar-refractivity contribution in [3.63, 3.8) is 0 Å². The van der Waals surface area contributed by atoms with E-state index in [2.05, 4.69) is 10.1 Å². The number of nitrogens with zero attached hydrogens (tertiary/aromatic N) is 2. The summed E-state index contributed by atoms with van der Waals surface area (Å²) in [5, 5.41) is 4.51. The van der Waals surface area contributed by atoms with Gasteiger partial charge >= 0.3 is 0 Å². The van der Waals surface area contributed by atoms with Crippen molar-refractivity contribution in [3.8, 4) is 11.7 Å². The normalized spacial score (nSPS) is 18.1. The summed E-state index contributed by atoms with van der Waals surface area (Å²) in [5.74, 6) is 1.26. The highest BCUT2D eigenvalue weighted by atomic mass is 16.5. The summed E-state index contributed by atoms with van der Waals surface area (Å²) >= 11 is 0. The SMILES string of the molecule is Cc1ccc2c(=O)cc(-c3nc(C4CCOC4)no3)oc2c1. The van der Waals surface area contributed by atoms with Crippen molar-refractivity contribution in [1.82, 2.24) is 10.1 Å². The largest absolute Gasteiger partial charge is 0.451 e. The minimum Gasteiger partial charge on any atom is -0.451 e. The molecule has 1 saturated heterocycles. The van der Waals surface area contributed by atoms with E-state index in [4.69, 9.17) is 13.7 Å². The van der Waals surface area contributed by atoms with E-state index in [-0.39, 0.29) is 17.2 Å². The van der Waals surface area contributed by atoms with Gasteiger partial charge < -0.3 is 13.7 Å². The fraction of sp³-hybridized carbons (Fsp3) is 0.312. The molecule has 6 nitrogen and oxygen atoms in total. The van der Waals surface area contributed by atoms with Gasteiger partial charge in [0.1, 0.15) is 5.58 Å². The van der Waals surface area contributed by atoms with Crippen LogP contribution >= 0.6 is 0 Å². The van der Waals surface area contributed by atoms with Crippen molar-refractivity contribution >= 4 is 11.0 Å². The topological polar surface area (TPSA) is 78.4 Å². The zero-order valence-electron chi connectivity index (χ0n) is 12.0. The van der Waals surface area contributed by atoms with Gasteiger partial charge in [-0.15, -0.1) is 0 Å². The molecule has 1 aliphatic heterocycles. The molecule has 3 heterocycles. The van der Waals surface area contributed by atoms with E-state index in [1.54, 1.807) is 6.07 Å². The Bertz CT molecular complexity index is 891. The monoisotopic (exact) mass is 298 g/mol. The molecule has 6 heteroatoms. The quantitative estimate of drug-likeness (QED) is 0.723. The average Bonchev–Trinajstić information content (AvgIpc) is 3.18. The lowest BCUT2D eigenvalue weighted by Gasteiger charge is -2.00. The molecule has 1 unspecified atom stereocenters. The Balaban J connectivity index is 1.79. The number of rotatable bonds is 2. The molecule has 0 aliphatic carbocycles. The number of ether oxygens (including phenoxy) is 1. The van der Waals surface area contributed by atoms with Gasteiger partial charge in [-0.05, 0) is 31.0 Å². The van der Waals surface area contributed by atoms with E-state index in [9.17, 15) is 4.79 Å². The van der Waals surface area contributed by atoms with Crippen LogP contribution in [0.2, 0.25) is 0 Å². The molecule has 3 aromatic rings. The summed E-state index contributed by atoms with van der Waals surface area (Å²) < 4.78 is 16.3. The molecule has 1 aliphatic rings. The van der Waals surface area contributed by atoms with Crippen molar-refractivity contribution in [2.75, 3.05) is 13.2 Å². The first kappa shape index (κ1) is 13.2. The Hall–Kier alpha value is -2.47. The van der Waals surface area contributed by atoms with Gasteiger partial charge in [-0.1, -0.05) is 11.2 Å². The van der Waals surface area contributed by atoms with Crippen molar-refractivity contribution in [3.05, 3.63) is 45.9 Å². The predicted octanol–water partition coefficient (Wildman–Crippen LogP) is 2.66. The van der Waals surface area contributed by atoms with E-state index in [0.29, 0.717) is 35.8 Å². The third-order valence-electron chi connectivity index (χ3n) is 3.83. The van der Waals surface area contributed by atoms with E-state index in [1.807, 2.05) is 19.1 Å². The van der Waals surface area contributed by atoms with Crippen molar-refractivity contribution in [1.29, 1.82) is 0 Å². The lowest BCUT2D eigenvalue weighted by atomic mass is 10.1. The molecule has 1 aromatic carbocycles. The van der Waals surface area contributed by atoms with Gasteiger partial charge in [-0.3, -0.25) is 4.79 Å². The number of aromatic nitrogens is 2. The lowest BCUT2D eigenvalue weighted by Crippen LogP contribution is -2.01. The van der Waals surface area contributed by atoms with Crippen LogP contribution in [0.25, 0.3) is 22.6 Å². The van der Waals surface area contributed by atoms with Gasteiger partial charge in [-0.25, -0.2) is 0 Å². The smallest absolute Gasteiger partial charge is 0.293 e. The van der Waals surface area contributed by atoms with Crippen LogP contribution in [-0.4, -0.2) is 23.4 Å². The third kappa shape index (κ3) is 2.21. The molecular formula is C16H14N2O4. The van der Waals surface area contributed by atoms with Gasteiger partial charge in [-0.2, -0.15) is 4.98 Å². The van der Waals surface area contributed by atoms with E-state index < -0.39 is 0 Å². The third-order valence-corrected chi connectivity index (χ3v) is 3.83. The lowest BCUT2D eigenvalue weighted by molar-refractivity contribution is 0.192. The van der Waals surface area contributed by atoms with Gasteiger partial charge in [0.05, 0.1) is 12.0 Å². The van der Waals surface area contributed by atoms with Crippen LogP contribution in [0, 0.1) is 6.92 Å². The molecular weight excluding hydrogens is 284 g/mol. The zero-order valence-corrected chi connectivity index (χ0v) is 12.0. The van der Waals surface area contributed by atoms with Crippen LogP contribution in [0.1, 0.15) is 23.7 Å². The van der Waals surface area contributed by atoms with Crippen LogP contribution in [0.4, 0.5) is 0 Å². The number of hydrogen-bond acceptors (Lipinski definition) is 6. The maximum absolute atomic E-state index is 12.2. The first-order valence-corrected chi connectivity index (χ1v) is 7.17. The molecule has 4 rings (SSSR count). The Kier molecular flexibility index (Phi) is 3.04. The molecule has 1 fully saturated rings. The molecule has 2 aromatic heterocycles. The Morgan fingerprint density at radius 2 is 2.18 bits per heavy atom.